The van der Waals surface area contributed by atoms with Crippen molar-refractivity contribution in [3.05, 3.63) is 33.0 Å². The molecule has 0 fully saturated rings. The standard InChI is InChI=1S/C14H18N2S2/c1-8-6-7-18-11(8)10-9(2)12(17)16-13(15-10)14(3,4)5/h6-7H,1-5H3,(H,15,16,17). The first-order chi connectivity index (χ1) is 8.30. The SMILES string of the molecule is Cc1ccsc1-c1[nH]c(C(C)(C)C)nc(=S)c1C. The molecule has 1 N–H and O–H groups in total. The molecule has 0 aliphatic rings. The van der Waals surface area contributed by atoms with Crippen molar-refractivity contribution in [2.75, 3.05) is 0 Å². The summed E-state index contributed by atoms with van der Waals surface area (Å²) in [5.41, 5.74) is 3.43. The minimum atomic E-state index is -0.0266. The molecular weight excluding hydrogens is 260 g/mol. The quantitative estimate of drug-likeness (QED) is 0.760. The molecular formula is C14H18N2S2. The molecule has 0 atom stereocenters. The number of nitrogens with one attached hydrogen (secondary N) is 1. The molecule has 2 rings (SSSR count). The van der Waals surface area contributed by atoms with E-state index in [2.05, 4.69) is 49.1 Å². The highest BCUT2D eigenvalue weighted by atomic mass is 32.1. The van der Waals surface area contributed by atoms with Gasteiger partial charge in [0.2, 0.25) is 0 Å². The molecule has 4 heteroatoms. The van der Waals surface area contributed by atoms with Gasteiger partial charge in [-0.15, -0.1) is 11.3 Å². The molecule has 0 unspecified atom stereocenters. The van der Waals surface area contributed by atoms with Gasteiger partial charge in [-0.25, -0.2) is 4.98 Å². The highest BCUT2D eigenvalue weighted by molar-refractivity contribution is 7.71. The number of rotatable bonds is 1. The van der Waals surface area contributed by atoms with Crippen LogP contribution >= 0.6 is 23.6 Å². The van der Waals surface area contributed by atoms with Crippen LogP contribution in [-0.2, 0) is 5.41 Å². The van der Waals surface area contributed by atoms with E-state index in [-0.39, 0.29) is 5.41 Å². The van der Waals surface area contributed by atoms with Gasteiger partial charge < -0.3 is 4.98 Å². The van der Waals surface area contributed by atoms with E-state index < -0.39 is 0 Å². The summed E-state index contributed by atoms with van der Waals surface area (Å²) in [6.07, 6.45) is 0. The van der Waals surface area contributed by atoms with Gasteiger partial charge in [0.05, 0.1) is 10.6 Å². The Balaban J connectivity index is 2.72. The summed E-state index contributed by atoms with van der Waals surface area (Å²) in [5.74, 6) is 0.945. The maximum absolute atomic E-state index is 5.39. The maximum atomic E-state index is 5.39. The second-order valence-electron chi connectivity index (χ2n) is 5.57. The lowest BCUT2D eigenvalue weighted by atomic mass is 9.95. The summed E-state index contributed by atoms with van der Waals surface area (Å²) in [6, 6.07) is 2.13. The summed E-state index contributed by atoms with van der Waals surface area (Å²) in [5, 5.41) is 2.11. The van der Waals surface area contributed by atoms with Gasteiger partial charge in [-0.05, 0) is 30.9 Å². The van der Waals surface area contributed by atoms with E-state index in [9.17, 15) is 0 Å². The fraction of sp³-hybridized carbons (Fsp3) is 0.429. The van der Waals surface area contributed by atoms with Gasteiger partial charge in [-0.1, -0.05) is 33.0 Å². The van der Waals surface area contributed by atoms with Crippen molar-refractivity contribution in [3.8, 4) is 10.6 Å². The molecule has 0 aliphatic carbocycles. The van der Waals surface area contributed by atoms with E-state index in [0.29, 0.717) is 4.64 Å². The first kappa shape index (κ1) is 13.4. The molecule has 2 heterocycles. The molecule has 0 bridgehead atoms. The zero-order valence-electron chi connectivity index (χ0n) is 11.4. The minimum Gasteiger partial charge on any atom is -0.342 e. The van der Waals surface area contributed by atoms with E-state index in [0.717, 1.165) is 17.1 Å². The number of H-pyrrole nitrogens is 1. The number of hydrogen-bond acceptors (Lipinski definition) is 3. The van der Waals surface area contributed by atoms with Gasteiger partial charge in [-0.3, -0.25) is 0 Å². The number of aromatic nitrogens is 2. The van der Waals surface area contributed by atoms with E-state index >= 15 is 0 Å². The second kappa shape index (κ2) is 4.59. The van der Waals surface area contributed by atoms with E-state index in [1.807, 2.05) is 6.92 Å². The molecule has 18 heavy (non-hydrogen) atoms. The fourth-order valence-corrected chi connectivity index (χ4v) is 2.92. The molecule has 0 saturated carbocycles. The van der Waals surface area contributed by atoms with Crippen molar-refractivity contribution in [2.24, 2.45) is 0 Å². The Morgan fingerprint density at radius 3 is 2.44 bits per heavy atom. The zero-order chi connectivity index (χ0) is 13.5. The molecule has 0 spiro atoms. The smallest absolute Gasteiger partial charge is 0.133 e. The van der Waals surface area contributed by atoms with Gasteiger partial charge in [-0.2, -0.15) is 0 Å². The van der Waals surface area contributed by atoms with Crippen molar-refractivity contribution in [1.29, 1.82) is 0 Å². The van der Waals surface area contributed by atoms with Crippen LogP contribution in [0.5, 0.6) is 0 Å². The van der Waals surface area contributed by atoms with Crippen molar-refractivity contribution in [2.45, 2.75) is 40.0 Å². The Bertz CT molecular complexity index is 630. The molecule has 0 amide bonds. The Morgan fingerprint density at radius 1 is 1.28 bits per heavy atom. The highest BCUT2D eigenvalue weighted by Crippen LogP contribution is 2.31. The molecule has 0 saturated heterocycles. The molecule has 0 aliphatic heterocycles. The van der Waals surface area contributed by atoms with Crippen LogP contribution in [0.3, 0.4) is 0 Å². The topological polar surface area (TPSA) is 28.7 Å². The molecule has 2 nitrogen and oxygen atoms in total. The van der Waals surface area contributed by atoms with Gasteiger partial charge in [0.1, 0.15) is 10.5 Å². The summed E-state index contributed by atoms with van der Waals surface area (Å²) in [4.78, 5) is 9.23. The van der Waals surface area contributed by atoms with Crippen LogP contribution in [0.25, 0.3) is 10.6 Å². The number of hydrogen-bond donors (Lipinski definition) is 1. The molecule has 2 aromatic rings. The van der Waals surface area contributed by atoms with Crippen LogP contribution < -0.4 is 0 Å². The van der Waals surface area contributed by atoms with E-state index in [4.69, 9.17) is 12.2 Å². The number of aryl methyl sites for hydroxylation is 1. The Hall–Kier alpha value is -1.00. The van der Waals surface area contributed by atoms with Crippen LogP contribution in [0.1, 0.15) is 37.7 Å². The molecule has 0 aromatic carbocycles. The predicted molar refractivity (Wildman–Crippen MR) is 80.9 cm³/mol. The average Bonchev–Trinajstić information content (AvgIpc) is 2.67. The zero-order valence-corrected chi connectivity index (χ0v) is 13.1. The largest absolute Gasteiger partial charge is 0.342 e. The molecule has 2 aromatic heterocycles. The summed E-state index contributed by atoms with van der Waals surface area (Å²) >= 11 is 7.13. The van der Waals surface area contributed by atoms with Gasteiger partial charge >= 0.3 is 0 Å². The van der Waals surface area contributed by atoms with Crippen LogP contribution in [0.15, 0.2) is 11.4 Å². The Labute approximate surface area is 117 Å². The van der Waals surface area contributed by atoms with Gasteiger partial charge in [0.25, 0.3) is 0 Å². The maximum Gasteiger partial charge on any atom is 0.133 e. The lowest BCUT2D eigenvalue weighted by Crippen LogP contribution is -2.17. The molecule has 0 radical (unpaired) electrons. The number of aromatic amines is 1. The lowest BCUT2D eigenvalue weighted by molar-refractivity contribution is 0.544. The fourth-order valence-electron chi connectivity index (χ4n) is 1.74. The monoisotopic (exact) mass is 278 g/mol. The highest BCUT2D eigenvalue weighted by Gasteiger charge is 2.19. The van der Waals surface area contributed by atoms with Crippen molar-refractivity contribution in [1.82, 2.24) is 9.97 Å². The summed E-state index contributed by atoms with van der Waals surface area (Å²) in [6.45, 7) is 10.6. The minimum absolute atomic E-state index is 0.0266. The second-order valence-corrected chi connectivity index (χ2v) is 6.88. The third-order valence-electron chi connectivity index (χ3n) is 2.95. The van der Waals surface area contributed by atoms with Gasteiger partial charge in [0.15, 0.2) is 0 Å². The third-order valence-corrected chi connectivity index (χ3v) is 4.38. The van der Waals surface area contributed by atoms with E-state index in [1.165, 1.54) is 10.4 Å². The van der Waals surface area contributed by atoms with Crippen LogP contribution in [-0.4, -0.2) is 9.97 Å². The predicted octanol–water partition coefficient (Wildman–Crippen LogP) is 4.78. The van der Waals surface area contributed by atoms with Gasteiger partial charge in [0, 0.05) is 11.0 Å². The summed E-state index contributed by atoms with van der Waals surface area (Å²) in [7, 11) is 0. The lowest BCUT2D eigenvalue weighted by Gasteiger charge is -2.19. The third kappa shape index (κ3) is 2.40. The number of nitrogens with zero attached hydrogens (tertiary/aromatic N) is 1. The first-order valence-corrected chi connectivity index (χ1v) is 7.25. The van der Waals surface area contributed by atoms with Crippen molar-refractivity contribution < 1.29 is 0 Å². The normalized spacial score (nSPS) is 11.8. The van der Waals surface area contributed by atoms with Crippen LogP contribution in [0.2, 0.25) is 0 Å². The van der Waals surface area contributed by atoms with Crippen molar-refractivity contribution >= 4 is 23.6 Å². The first-order valence-electron chi connectivity index (χ1n) is 5.96. The van der Waals surface area contributed by atoms with Crippen LogP contribution in [0, 0.1) is 18.5 Å². The average molecular weight is 278 g/mol. The summed E-state index contributed by atoms with van der Waals surface area (Å²) < 4.78 is 0.696. The number of thiophene rings is 1. The van der Waals surface area contributed by atoms with E-state index in [1.54, 1.807) is 11.3 Å². The van der Waals surface area contributed by atoms with Crippen LogP contribution in [0.4, 0.5) is 0 Å². The van der Waals surface area contributed by atoms with Crippen molar-refractivity contribution in [3.63, 3.8) is 0 Å². The Morgan fingerprint density at radius 2 is 1.94 bits per heavy atom. The molecule has 96 valence electrons. The Kier molecular flexibility index (Phi) is 3.43.